The molecule has 0 bridgehead atoms. The number of hydrogen-bond acceptors (Lipinski definition) is 3. The minimum absolute atomic E-state index is 0.0529. The van der Waals surface area contributed by atoms with Crippen molar-refractivity contribution in [3.8, 4) is 0 Å². The summed E-state index contributed by atoms with van der Waals surface area (Å²) in [6.45, 7) is 7.28. The number of nitrogens with zero attached hydrogens (tertiary/aromatic N) is 1. The van der Waals surface area contributed by atoms with Gasteiger partial charge in [0.15, 0.2) is 0 Å². The van der Waals surface area contributed by atoms with Crippen LogP contribution in [0.2, 0.25) is 0 Å². The van der Waals surface area contributed by atoms with Gasteiger partial charge in [-0.2, -0.15) is 0 Å². The zero-order valence-corrected chi connectivity index (χ0v) is 13.4. The van der Waals surface area contributed by atoms with Crippen molar-refractivity contribution < 1.29 is 4.79 Å². The molecule has 1 aromatic carbocycles. The van der Waals surface area contributed by atoms with Crippen LogP contribution in [0.25, 0.3) is 0 Å². The molecule has 1 saturated heterocycles. The van der Waals surface area contributed by atoms with Gasteiger partial charge in [0.25, 0.3) is 0 Å². The number of likely N-dealkylation sites (tertiary alicyclic amines) is 1. The van der Waals surface area contributed by atoms with Crippen molar-refractivity contribution in [3.05, 3.63) is 23.8 Å². The van der Waals surface area contributed by atoms with Gasteiger partial charge in [0, 0.05) is 17.4 Å². The zero-order chi connectivity index (χ0) is 15.4. The summed E-state index contributed by atoms with van der Waals surface area (Å²) in [5, 5.41) is 3.02. The van der Waals surface area contributed by atoms with Crippen molar-refractivity contribution >= 4 is 17.3 Å². The van der Waals surface area contributed by atoms with Crippen LogP contribution in [0.15, 0.2) is 18.2 Å². The largest absolute Gasteiger partial charge is 0.398 e. The number of aryl methyl sites for hydroxylation is 1. The number of nitrogens with one attached hydrogen (secondary N) is 1. The van der Waals surface area contributed by atoms with Gasteiger partial charge >= 0.3 is 0 Å². The van der Waals surface area contributed by atoms with E-state index in [0.717, 1.165) is 24.2 Å². The molecule has 1 aromatic rings. The van der Waals surface area contributed by atoms with Gasteiger partial charge < -0.3 is 11.1 Å². The molecule has 0 aliphatic carbocycles. The van der Waals surface area contributed by atoms with Crippen molar-refractivity contribution in [3.63, 3.8) is 0 Å². The summed E-state index contributed by atoms with van der Waals surface area (Å²) in [5.74, 6) is 0.0782. The van der Waals surface area contributed by atoms with Crippen molar-refractivity contribution in [2.75, 3.05) is 17.6 Å². The Hall–Kier alpha value is -1.55. The Labute approximate surface area is 127 Å². The van der Waals surface area contributed by atoms with Crippen molar-refractivity contribution in [2.45, 2.75) is 58.5 Å². The molecule has 2 atom stereocenters. The Bertz CT molecular complexity index is 501. The van der Waals surface area contributed by atoms with E-state index >= 15 is 0 Å². The van der Waals surface area contributed by atoms with E-state index in [1.54, 1.807) is 0 Å². The Balaban J connectivity index is 2.07. The number of amides is 1. The number of nitrogen functional groups attached to an aromatic ring is 1. The normalized spacial score (nSPS) is 21.0. The molecule has 3 N–H and O–H groups in total. The van der Waals surface area contributed by atoms with Crippen LogP contribution in [0.3, 0.4) is 0 Å². The van der Waals surface area contributed by atoms with Gasteiger partial charge in [0.05, 0.1) is 6.04 Å². The maximum Gasteiger partial charge on any atom is 0.241 e. The third kappa shape index (κ3) is 3.76. The van der Waals surface area contributed by atoms with Gasteiger partial charge in [-0.15, -0.1) is 0 Å². The smallest absolute Gasteiger partial charge is 0.241 e. The Morgan fingerprint density at radius 2 is 2.24 bits per heavy atom. The molecule has 4 heteroatoms. The standard InChI is InChI=1S/C17H27N3O/c1-4-16(20-10-6-5-7-13(20)3)17(21)19-14-9-8-12(2)15(18)11-14/h8-9,11,13,16H,4-7,10,18H2,1-3H3,(H,19,21). The maximum absolute atomic E-state index is 12.6. The lowest BCUT2D eigenvalue weighted by atomic mass is 9.99. The van der Waals surface area contributed by atoms with Crippen LogP contribution in [0, 0.1) is 6.92 Å². The lowest BCUT2D eigenvalue weighted by Crippen LogP contribution is -2.50. The molecule has 1 aliphatic rings. The maximum atomic E-state index is 12.6. The highest BCUT2D eigenvalue weighted by Crippen LogP contribution is 2.22. The highest BCUT2D eigenvalue weighted by molar-refractivity contribution is 5.95. The molecular formula is C17H27N3O. The first-order valence-electron chi connectivity index (χ1n) is 7.95. The van der Waals surface area contributed by atoms with Crippen LogP contribution in [0.4, 0.5) is 11.4 Å². The Morgan fingerprint density at radius 3 is 2.86 bits per heavy atom. The summed E-state index contributed by atoms with van der Waals surface area (Å²) in [6.07, 6.45) is 4.47. The first-order valence-corrected chi connectivity index (χ1v) is 7.95. The molecule has 0 spiro atoms. The van der Waals surface area contributed by atoms with Crippen LogP contribution < -0.4 is 11.1 Å². The first kappa shape index (κ1) is 15.8. The quantitative estimate of drug-likeness (QED) is 0.837. The topological polar surface area (TPSA) is 58.4 Å². The summed E-state index contributed by atoms with van der Waals surface area (Å²) in [4.78, 5) is 14.9. The summed E-state index contributed by atoms with van der Waals surface area (Å²) < 4.78 is 0. The van der Waals surface area contributed by atoms with E-state index in [-0.39, 0.29) is 11.9 Å². The van der Waals surface area contributed by atoms with Crippen LogP contribution in [0.5, 0.6) is 0 Å². The van der Waals surface area contributed by atoms with Gasteiger partial charge in [0.2, 0.25) is 5.91 Å². The molecule has 2 rings (SSSR count). The third-order valence-electron chi connectivity index (χ3n) is 4.49. The second kappa shape index (κ2) is 6.94. The zero-order valence-electron chi connectivity index (χ0n) is 13.4. The molecule has 21 heavy (non-hydrogen) atoms. The lowest BCUT2D eigenvalue weighted by Gasteiger charge is -2.38. The number of carbonyl (C=O) groups is 1. The molecule has 4 nitrogen and oxygen atoms in total. The molecule has 0 aromatic heterocycles. The van der Waals surface area contributed by atoms with Crippen LogP contribution in [0.1, 0.15) is 45.1 Å². The van der Waals surface area contributed by atoms with Crippen LogP contribution in [-0.2, 0) is 4.79 Å². The van der Waals surface area contributed by atoms with E-state index in [1.165, 1.54) is 19.3 Å². The number of piperidine rings is 1. The van der Waals surface area contributed by atoms with Gasteiger partial charge in [-0.25, -0.2) is 0 Å². The van der Waals surface area contributed by atoms with E-state index in [4.69, 9.17) is 5.73 Å². The highest BCUT2D eigenvalue weighted by Gasteiger charge is 2.29. The average molecular weight is 289 g/mol. The van der Waals surface area contributed by atoms with Crippen molar-refractivity contribution in [2.24, 2.45) is 0 Å². The number of nitrogens with two attached hydrogens (primary N) is 1. The van der Waals surface area contributed by atoms with E-state index in [9.17, 15) is 4.79 Å². The summed E-state index contributed by atoms with van der Waals surface area (Å²) in [6, 6.07) is 6.12. The van der Waals surface area contributed by atoms with E-state index < -0.39 is 0 Å². The minimum atomic E-state index is -0.0529. The molecule has 0 saturated carbocycles. The van der Waals surface area contributed by atoms with E-state index in [0.29, 0.717) is 11.7 Å². The van der Waals surface area contributed by atoms with Crippen molar-refractivity contribution in [1.29, 1.82) is 0 Å². The molecule has 1 aliphatic heterocycles. The highest BCUT2D eigenvalue weighted by atomic mass is 16.2. The summed E-state index contributed by atoms with van der Waals surface area (Å²) in [7, 11) is 0. The molecule has 1 heterocycles. The van der Waals surface area contributed by atoms with E-state index in [2.05, 4.69) is 24.1 Å². The second-order valence-corrected chi connectivity index (χ2v) is 6.07. The number of rotatable bonds is 4. The lowest BCUT2D eigenvalue weighted by molar-refractivity contribution is -0.122. The second-order valence-electron chi connectivity index (χ2n) is 6.07. The number of benzene rings is 1. The van der Waals surface area contributed by atoms with E-state index in [1.807, 2.05) is 25.1 Å². The molecule has 1 fully saturated rings. The first-order chi connectivity index (χ1) is 10.0. The van der Waals surface area contributed by atoms with Crippen LogP contribution in [-0.4, -0.2) is 29.4 Å². The fourth-order valence-electron chi connectivity index (χ4n) is 3.10. The third-order valence-corrected chi connectivity index (χ3v) is 4.49. The van der Waals surface area contributed by atoms with Gasteiger partial charge in [0.1, 0.15) is 0 Å². The summed E-state index contributed by atoms with van der Waals surface area (Å²) in [5.41, 5.74) is 8.44. The van der Waals surface area contributed by atoms with Gasteiger partial charge in [-0.3, -0.25) is 9.69 Å². The molecule has 116 valence electrons. The molecule has 2 unspecified atom stereocenters. The Kier molecular flexibility index (Phi) is 5.23. The molecular weight excluding hydrogens is 262 g/mol. The fraction of sp³-hybridized carbons (Fsp3) is 0.588. The number of carbonyl (C=O) groups excluding carboxylic acids is 1. The predicted octanol–water partition coefficient (Wildman–Crippen LogP) is 3.17. The predicted molar refractivity (Wildman–Crippen MR) is 88.3 cm³/mol. The molecule has 1 amide bonds. The average Bonchev–Trinajstić information content (AvgIpc) is 2.46. The van der Waals surface area contributed by atoms with Gasteiger partial charge in [-0.1, -0.05) is 19.4 Å². The number of anilines is 2. The monoisotopic (exact) mass is 289 g/mol. The SMILES string of the molecule is CCC(C(=O)Nc1ccc(C)c(N)c1)N1CCCCC1C. The number of hydrogen-bond donors (Lipinski definition) is 2. The van der Waals surface area contributed by atoms with Crippen molar-refractivity contribution in [1.82, 2.24) is 4.90 Å². The Morgan fingerprint density at radius 1 is 1.48 bits per heavy atom. The fourth-order valence-corrected chi connectivity index (χ4v) is 3.10. The van der Waals surface area contributed by atoms with Gasteiger partial charge in [-0.05, 0) is 57.4 Å². The summed E-state index contributed by atoms with van der Waals surface area (Å²) >= 11 is 0. The minimum Gasteiger partial charge on any atom is -0.398 e. The molecule has 0 radical (unpaired) electrons. The van der Waals surface area contributed by atoms with Crippen LogP contribution >= 0.6 is 0 Å².